The van der Waals surface area contributed by atoms with Crippen molar-refractivity contribution in [3.05, 3.63) is 29.8 Å². The molecule has 1 heterocycles. The smallest absolute Gasteiger partial charge is 0.410 e. The normalized spacial score (nSPS) is 16.2. The molecule has 1 saturated heterocycles. The lowest BCUT2D eigenvalue weighted by Crippen LogP contribution is -2.57. The van der Waals surface area contributed by atoms with Crippen molar-refractivity contribution in [2.45, 2.75) is 58.6 Å². The lowest BCUT2D eigenvalue weighted by atomic mass is 9.87. The lowest BCUT2D eigenvalue weighted by Gasteiger charge is -2.40. The van der Waals surface area contributed by atoms with Gasteiger partial charge in [0.15, 0.2) is 0 Å². The Kier molecular flexibility index (Phi) is 4.41. The largest absolute Gasteiger partial charge is 0.444 e. The Hall–Kier alpha value is -1.71. The number of nitrogens with one attached hydrogen (secondary N) is 1. The fourth-order valence-corrected chi connectivity index (χ4v) is 2.35. The average Bonchev–Trinajstić information content (AvgIpc) is 2.30. The van der Waals surface area contributed by atoms with E-state index in [1.165, 1.54) is 5.56 Å². The molecule has 0 spiro atoms. The Morgan fingerprint density at radius 3 is 2.09 bits per heavy atom. The number of benzene rings is 1. The number of anilines is 1. The second-order valence-corrected chi connectivity index (χ2v) is 8.05. The number of likely N-dealkylation sites (tertiary alicyclic amines) is 1. The van der Waals surface area contributed by atoms with Crippen molar-refractivity contribution < 1.29 is 9.53 Å². The van der Waals surface area contributed by atoms with Crippen molar-refractivity contribution >= 4 is 11.8 Å². The Balaban J connectivity index is 1.82. The van der Waals surface area contributed by atoms with Crippen molar-refractivity contribution in [3.8, 4) is 0 Å². The number of carbonyl (C=O) groups is 1. The van der Waals surface area contributed by atoms with Gasteiger partial charge in [0.1, 0.15) is 5.60 Å². The summed E-state index contributed by atoms with van der Waals surface area (Å²) in [6, 6.07) is 8.83. The van der Waals surface area contributed by atoms with Gasteiger partial charge in [-0.3, -0.25) is 0 Å². The zero-order valence-corrected chi connectivity index (χ0v) is 14.6. The van der Waals surface area contributed by atoms with Gasteiger partial charge in [0, 0.05) is 18.8 Å². The molecule has 2 rings (SSSR count). The summed E-state index contributed by atoms with van der Waals surface area (Å²) in [5.41, 5.74) is 2.16. The molecule has 4 heteroatoms. The minimum absolute atomic E-state index is 0.169. The number of amides is 1. The molecule has 4 nitrogen and oxygen atoms in total. The quantitative estimate of drug-likeness (QED) is 0.897. The van der Waals surface area contributed by atoms with E-state index in [1.54, 1.807) is 4.90 Å². The molecular formula is C18H28N2O2. The summed E-state index contributed by atoms with van der Waals surface area (Å²) < 4.78 is 5.35. The first-order valence-corrected chi connectivity index (χ1v) is 7.89. The van der Waals surface area contributed by atoms with Crippen LogP contribution in [0.2, 0.25) is 0 Å². The predicted octanol–water partition coefficient (Wildman–Crippen LogP) is 4.02. The number of carbonyl (C=O) groups excluding carboxylic acids is 1. The monoisotopic (exact) mass is 304 g/mol. The van der Waals surface area contributed by atoms with Crippen LogP contribution in [0.4, 0.5) is 10.5 Å². The number of hydrogen-bond donors (Lipinski definition) is 1. The van der Waals surface area contributed by atoms with Gasteiger partial charge in [-0.05, 0) is 43.9 Å². The summed E-state index contributed by atoms with van der Waals surface area (Å²) in [4.78, 5) is 13.6. The van der Waals surface area contributed by atoms with Crippen LogP contribution in [0, 0.1) is 0 Å². The standard InChI is InChI=1S/C18H28N2O2/c1-17(2,3)13-7-9-14(10-8-13)19-15-11-20(12-15)16(21)22-18(4,5)6/h7-10,15,19H,11-12H2,1-6H3. The number of rotatable bonds is 2. The molecule has 0 aromatic heterocycles. The van der Waals surface area contributed by atoms with Crippen molar-refractivity contribution in [2.75, 3.05) is 18.4 Å². The first-order chi connectivity index (χ1) is 10.0. The Bertz CT molecular complexity index is 518. The molecule has 0 radical (unpaired) electrons. The summed E-state index contributed by atoms with van der Waals surface area (Å²) in [5.74, 6) is 0. The zero-order valence-electron chi connectivity index (χ0n) is 14.6. The summed E-state index contributed by atoms with van der Waals surface area (Å²) in [5, 5.41) is 3.46. The maximum absolute atomic E-state index is 11.9. The molecule has 1 aromatic carbocycles. The molecule has 0 atom stereocenters. The van der Waals surface area contributed by atoms with Crippen molar-refractivity contribution in [2.24, 2.45) is 0 Å². The molecule has 0 unspecified atom stereocenters. The molecule has 0 aliphatic carbocycles. The molecular weight excluding hydrogens is 276 g/mol. The van der Waals surface area contributed by atoms with Crippen molar-refractivity contribution in [1.29, 1.82) is 0 Å². The topological polar surface area (TPSA) is 41.6 Å². The van der Waals surface area contributed by atoms with E-state index in [4.69, 9.17) is 4.74 Å². The highest BCUT2D eigenvalue weighted by Gasteiger charge is 2.33. The number of hydrogen-bond acceptors (Lipinski definition) is 3. The van der Waals surface area contributed by atoms with E-state index in [2.05, 4.69) is 50.4 Å². The average molecular weight is 304 g/mol. The molecule has 1 fully saturated rings. The van der Waals surface area contributed by atoms with Gasteiger partial charge in [0.2, 0.25) is 0 Å². The van der Waals surface area contributed by atoms with E-state index in [-0.39, 0.29) is 11.5 Å². The number of ether oxygens (including phenoxy) is 1. The first-order valence-electron chi connectivity index (χ1n) is 7.89. The summed E-state index contributed by atoms with van der Waals surface area (Å²) in [6.07, 6.45) is -0.228. The van der Waals surface area contributed by atoms with Gasteiger partial charge in [-0.15, -0.1) is 0 Å². The van der Waals surface area contributed by atoms with E-state index in [0.29, 0.717) is 19.1 Å². The van der Waals surface area contributed by atoms with Crippen LogP contribution in [0.1, 0.15) is 47.1 Å². The van der Waals surface area contributed by atoms with E-state index >= 15 is 0 Å². The van der Waals surface area contributed by atoms with Gasteiger partial charge in [-0.25, -0.2) is 4.79 Å². The molecule has 0 bridgehead atoms. The predicted molar refractivity (Wildman–Crippen MR) is 90.4 cm³/mol. The SMILES string of the molecule is CC(C)(C)OC(=O)N1CC(Nc2ccc(C(C)(C)C)cc2)C1. The van der Waals surface area contributed by atoms with Gasteiger partial charge in [0.25, 0.3) is 0 Å². The van der Waals surface area contributed by atoms with Crippen LogP contribution in [0.15, 0.2) is 24.3 Å². The van der Waals surface area contributed by atoms with Crippen LogP contribution in [0.5, 0.6) is 0 Å². The van der Waals surface area contributed by atoms with Gasteiger partial charge >= 0.3 is 6.09 Å². The molecule has 22 heavy (non-hydrogen) atoms. The van der Waals surface area contributed by atoms with Crippen LogP contribution < -0.4 is 5.32 Å². The maximum Gasteiger partial charge on any atom is 0.410 e. The van der Waals surface area contributed by atoms with Gasteiger partial charge < -0.3 is 15.0 Å². The van der Waals surface area contributed by atoms with Crippen molar-refractivity contribution in [1.82, 2.24) is 4.90 Å². The fourth-order valence-electron chi connectivity index (χ4n) is 2.35. The Labute approximate surface area is 133 Å². The molecule has 0 saturated carbocycles. The van der Waals surface area contributed by atoms with Gasteiger partial charge in [-0.2, -0.15) is 0 Å². The number of nitrogens with zero attached hydrogens (tertiary/aromatic N) is 1. The minimum Gasteiger partial charge on any atom is -0.444 e. The summed E-state index contributed by atoms with van der Waals surface area (Å²) >= 11 is 0. The van der Waals surface area contributed by atoms with E-state index < -0.39 is 5.60 Å². The van der Waals surface area contributed by atoms with Gasteiger partial charge in [0.05, 0.1) is 6.04 Å². The molecule has 1 aliphatic heterocycles. The highest BCUT2D eigenvalue weighted by atomic mass is 16.6. The third kappa shape index (κ3) is 4.39. The Morgan fingerprint density at radius 2 is 1.64 bits per heavy atom. The molecule has 1 aromatic rings. The van der Waals surface area contributed by atoms with E-state index in [9.17, 15) is 4.79 Å². The second-order valence-electron chi connectivity index (χ2n) is 8.05. The fraction of sp³-hybridized carbons (Fsp3) is 0.611. The minimum atomic E-state index is -0.432. The summed E-state index contributed by atoms with van der Waals surface area (Å²) in [6.45, 7) is 13.7. The highest BCUT2D eigenvalue weighted by molar-refractivity contribution is 5.69. The van der Waals surface area contributed by atoms with Crippen LogP contribution in [-0.2, 0) is 10.2 Å². The van der Waals surface area contributed by atoms with Crippen LogP contribution in [0.3, 0.4) is 0 Å². The van der Waals surface area contributed by atoms with Gasteiger partial charge in [-0.1, -0.05) is 32.9 Å². The zero-order chi connectivity index (χ0) is 16.5. The third-order valence-electron chi connectivity index (χ3n) is 3.65. The van der Waals surface area contributed by atoms with Crippen LogP contribution >= 0.6 is 0 Å². The first kappa shape index (κ1) is 16.7. The molecule has 1 N–H and O–H groups in total. The third-order valence-corrected chi connectivity index (χ3v) is 3.65. The Morgan fingerprint density at radius 1 is 1.09 bits per heavy atom. The van der Waals surface area contributed by atoms with Crippen LogP contribution in [-0.4, -0.2) is 35.7 Å². The molecule has 1 aliphatic rings. The lowest BCUT2D eigenvalue weighted by molar-refractivity contribution is 0.0105. The molecule has 122 valence electrons. The maximum atomic E-state index is 11.9. The molecule has 1 amide bonds. The van der Waals surface area contributed by atoms with E-state index in [1.807, 2.05) is 20.8 Å². The van der Waals surface area contributed by atoms with Crippen LogP contribution in [0.25, 0.3) is 0 Å². The summed E-state index contributed by atoms with van der Waals surface area (Å²) in [7, 11) is 0. The van der Waals surface area contributed by atoms with E-state index in [0.717, 1.165) is 5.69 Å². The second kappa shape index (κ2) is 5.82. The highest BCUT2D eigenvalue weighted by Crippen LogP contribution is 2.24. The van der Waals surface area contributed by atoms with Crippen molar-refractivity contribution in [3.63, 3.8) is 0 Å².